The smallest absolute Gasteiger partial charge is 0.329 e. The molecule has 1 atom stereocenters. The zero-order valence-electron chi connectivity index (χ0n) is 16.4. The number of hydrogen-bond donors (Lipinski definition) is 2. The van der Waals surface area contributed by atoms with Gasteiger partial charge in [0.15, 0.2) is 0 Å². The number of carbonyl (C=O) groups excluding carboxylic acids is 2. The number of H-pyrrole nitrogens is 1. The van der Waals surface area contributed by atoms with Crippen molar-refractivity contribution in [2.24, 2.45) is 0 Å². The maximum atomic E-state index is 14.0. The summed E-state index contributed by atoms with van der Waals surface area (Å²) in [6.45, 7) is 1.90. The molecule has 1 heterocycles. The van der Waals surface area contributed by atoms with Gasteiger partial charge in [0.25, 0.3) is 5.91 Å². The number of ether oxygens (including phenoxy) is 1. The van der Waals surface area contributed by atoms with E-state index in [0.29, 0.717) is 22.2 Å². The Kier molecular flexibility index (Phi) is 5.48. The van der Waals surface area contributed by atoms with E-state index in [0.717, 1.165) is 10.8 Å². The lowest BCUT2D eigenvalue weighted by atomic mass is 10.1. The number of nitrogens with one attached hydrogen (secondary N) is 2. The molecule has 0 aliphatic heterocycles. The van der Waals surface area contributed by atoms with Crippen LogP contribution in [0.3, 0.4) is 0 Å². The van der Waals surface area contributed by atoms with E-state index in [4.69, 9.17) is 4.74 Å². The van der Waals surface area contributed by atoms with Crippen molar-refractivity contribution in [3.63, 3.8) is 0 Å². The van der Waals surface area contributed by atoms with Crippen molar-refractivity contribution in [2.45, 2.75) is 19.4 Å². The number of hydrogen-bond acceptors (Lipinski definition) is 3. The van der Waals surface area contributed by atoms with Crippen LogP contribution in [0.25, 0.3) is 21.7 Å². The Morgan fingerprint density at radius 3 is 2.53 bits per heavy atom. The number of halogens is 1. The molecule has 1 unspecified atom stereocenters. The number of esters is 1. The quantitative estimate of drug-likeness (QED) is 0.469. The Morgan fingerprint density at radius 2 is 1.77 bits per heavy atom. The normalized spacial score (nSPS) is 12.1. The highest BCUT2D eigenvalue weighted by molar-refractivity contribution is 6.00. The summed E-state index contributed by atoms with van der Waals surface area (Å²) in [7, 11) is 0. The van der Waals surface area contributed by atoms with E-state index < -0.39 is 12.0 Å². The van der Waals surface area contributed by atoms with Crippen molar-refractivity contribution in [3.05, 3.63) is 83.8 Å². The molecule has 4 rings (SSSR count). The maximum absolute atomic E-state index is 14.0. The van der Waals surface area contributed by atoms with Crippen LogP contribution < -0.4 is 5.32 Å². The summed E-state index contributed by atoms with van der Waals surface area (Å²) in [5.41, 5.74) is 1.45. The first-order valence-electron chi connectivity index (χ1n) is 9.77. The lowest BCUT2D eigenvalue weighted by Crippen LogP contribution is -2.43. The van der Waals surface area contributed by atoms with Crippen LogP contribution in [0.15, 0.2) is 66.7 Å². The third-order valence-electron chi connectivity index (χ3n) is 4.97. The number of rotatable bonds is 6. The minimum atomic E-state index is -0.903. The number of para-hydroxylation sites is 1. The van der Waals surface area contributed by atoms with Crippen LogP contribution in [0.2, 0.25) is 0 Å². The van der Waals surface area contributed by atoms with Crippen LogP contribution in [0.5, 0.6) is 0 Å². The van der Waals surface area contributed by atoms with E-state index in [9.17, 15) is 14.0 Å². The Hall–Kier alpha value is -3.67. The van der Waals surface area contributed by atoms with E-state index in [-0.39, 0.29) is 24.8 Å². The van der Waals surface area contributed by atoms with Gasteiger partial charge in [0.1, 0.15) is 11.9 Å². The number of aromatic amines is 1. The van der Waals surface area contributed by atoms with Crippen molar-refractivity contribution >= 4 is 33.6 Å². The molecule has 0 aliphatic carbocycles. The second-order valence-corrected chi connectivity index (χ2v) is 7.04. The molecule has 30 heavy (non-hydrogen) atoms. The van der Waals surface area contributed by atoms with E-state index in [2.05, 4.69) is 10.3 Å². The highest BCUT2D eigenvalue weighted by Crippen LogP contribution is 2.20. The molecule has 0 radical (unpaired) electrons. The molecule has 0 bridgehead atoms. The Balaban J connectivity index is 1.58. The lowest BCUT2D eigenvalue weighted by Gasteiger charge is -2.17. The topological polar surface area (TPSA) is 71.2 Å². The fourth-order valence-corrected chi connectivity index (χ4v) is 3.52. The minimum Gasteiger partial charge on any atom is -0.464 e. The first-order chi connectivity index (χ1) is 14.5. The Labute approximate surface area is 172 Å². The van der Waals surface area contributed by atoms with Gasteiger partial charge in [0.05, 0.1) is 12.1 Å². The van der Waals surface area contributed by atoms with Crippen LogP contribution in [-0.2, 0) is 16.0 Å². The Bertz CT molecular complexity index is 1230. The summed E-state index contributed by atoms with van der Waals surface area (Å²) in [6.07, 6.45) is 0.159. The average Bonchev–Trinajstić information content (AvgIpc) is 3.17. The molecule has 5 nitrogen and oxygen atoms in total. The number of benzene rings is 3. The zero-order valence-corrected chi connectivity index (χ0v) is 16.4. The molecule has 0 saturated heterocycles. The van der Waals surface area contributed by atoms with Gasteiger partial charge in [-0.3, -0.25) is 4.79 Å². The predicted octanol–water partition coefficient (Wildman–Crippen LogP) is 4.36. The summed E-state index contributed by atoms with van der Waals surface area (Å²) in [5, 5.41) is 5.42. The molecule has 1 amide bonds. The van der Waals surface area contributed by atoms with Gasteiger partial charge in [-0.25, -0.2) is 9.18 Å². The van der Waals surface area contributed by atoms with Crippen molar-refractivity contribution in [3.8, 4) is 0 Å². The number of amides is 1. The zero-order chi connectivity index (χ0) is 21.1. The summed E-state index contributed by atoms with van der Waals surface area (Å²) >= 11 is 0. The summed E-state index contributed by atoms with van der Waals surface area (Å²) in [5.74, 6) is -1.28. The number of aromatic nitrogens is 1. The van der Waals surface area contributed by atoms with Crippen molar-refractivity contribution in [1.82, 2.24) is 10.3 Å². The molecule has 0 saturated carbocycles. The standard InChI is InChI=1S/C24H21FN2O3/c1-2-30-24(29)21(14-19-13-17-8-5-9-20(25)22(17)26-19)27-23(28)18-11-10-15-6-3-4-7-16(15)12-18/h3-13,21,26H,2,14H2,1H3,(H,27,28). The molecule has 152 valence electrons. The van der Waals surface area contributed by atoms with Crippen molar-refractivity contribution in [2.75, 3.05) is 6.61 Å². The summed E-state index contributed by atoms with van der Waals surface area (Å²) in [6, 6.07) is 18.7. The molecule has 6 heteroatoms. The van der Waals surface area contributed by atoms with Gasteiger partial charge in [-0.05, 0) is 42.0 Å². The molecular weight excluding hydrogens is 383 g/mol. The van der Waals surface area contributed by atoms with Gasteiger partial charge in [-0.15, -0.1) is 0 Å². The number of carbonyl (C=O) groups is 2. The van der Waals surface area contributed by atoms with Gasteiger partial charge < -0.3 is 15.0 Å². The van der Waals surface area contributed by atoms with Gasteiger partial charge in [-0.2, -0.15) is 0 Å². The second-order valence-electron chi connectivity index (χ2n) is 7.04. The molecule has 0 aliphatic rings. The fraction of sp³-hybridized carbons (Fsp3) is 0.167. The van der Waals surface area contributed by atoms with E-state index in [1.807, 2.05) is 30.3 Å². The van der Waals surface area contributed by atoms with Crippen LogP contribution >= 0.6 is 0 Å². The van der Waals surface area contributed by atoms with Crippen molar-refractivity contribution in [1.29, 1.82) is 0 Å². The predicted molar refractivity (Wildman–Crippen MR) is 114 cm³/mol. The third-order valence-corrected chi connectivity index (χ3v) is 4.97. The maximum Gasteiger partial charge on any atom is 0.329 e. The molecule has 0 fully saturated rings. The molecule has 3 aromatic carbocycles. The van der Waals surface area contributed by atoms with E-state index in [1.54, 1.807) is 37.3 Å². The first kappa shape index (κ1) is 19.6. The van der Waals surface area contributed by atoms with Crippen molar-refractivity contribution < 1.29 is 18.7 Å². The summed E-state index contributed by atoms with van der Waals surface area (Å²) < 4.78 is 19.1. The van der Waals surface area contributed by atoms with Crippen LogP contribution in [0.4, 0.5) is 4.39 Å². The summed E-state index contributed by atoms with van der Waals surface area (Å²) in [4.78, 5) is 28.3. The van der Waals surface area contributed by atoms with Crippen LogP contribution in [0.1, 0.15) is 23.0 Å². The SMILES string of the molecule is CCOC(=O)C(Cc1cc2cccc(F)c2[nH]1)NC(=O)c1ccc2ccccc2c1. The monoisotopic (exact) mass is 404 g/mol. The molecule has 1 aromatic heterocycles. The van der Waals surface area contributed by atoms with E-state index in [1.165, 1.54) is 6.07 Å². The van der Waals surface area contributed by atoms with Gasteiger partial charge in [0.2, 0.25) is 0 Å². The molecule has 0 spiro atoms. The largest absolute Gasteiger partial charge is 0.464 e. The fourth-order valence-electron chi connectivity index (χ4n) is 3.52. The molecule has 4 aromatic rings. The molecular formula is C24H21FN2O3. The lowest BCUT2D eigenvalue weighted by molar-refractivity contribution is -0.145. The molecule has 2 N–H and O–H groups in total. The van der Waals surface area contributed by atoms with Gasteiger partial charge >= 0.3 is 5.97 Å². The number of fused-ring (bicyclic) bond motifs is 2. The van der Waals surface area contributed by atoms with Gasteiger partial charge in [-0.1, -0.05) is 42.5 Å². The highest BCUT2D eigenvalue weighted by Gasteiger charge is 2.24. The minimum absolute atomic E-state index is 0.159. The van der Waals surface area contributed by atoms with E-state index >= 15 is 0 Å². The van der Waals surface area contributed by atoms with Gasteiger partial charge in [0, 0.05) is 23.1 Å². The Morgan fingerprint density at radius 1 is 1.00 bits per heavy atom. The first-order valence-corrected chi connectivity index (χ1v) is 9.77. The van der Waals surface area contributed by atoms with Crippen LogP contribution in [-0.4, -0.2) is 29.5 Å². The average molecular weight is 404 g/mol. The third kappa shape index (κ3) is 4.03. The second kappa shape index (κ2) is 8.37. The van der Waals surface area contributed by atoms with Crippen LogP contribution in [0, 0.1) is 5.82 Å². The highest BCUT2D eigenvalue weighted by atomic mass is 19.1.